The molecule has 0 radical (unpaired) electrons. The van der Waals surface area contributed by atoms with Crippen molar-refractivity contribution < 1.29 is 24.5 Å². The van der Waals surface area contributed by atoms with Crippen molar-refractivity contribution in [3.63, 3.8) is 0 Å². The normalized spacial score (nSPS) is 20.0. The summed E-state index contributed by atoms with van der Waals surface area (Å²) < 4.78 is 5.08. The van der Waals surface area contributed by atoms with Crippen LogP contribution in [0.4, 0.5) is 4.79 Å². The molecular formula is C11H20N2O5. The molecule has 0 aliphatic carbocycles. The van der Waals surface area contributed by atoms with Crippen molar-refractivity contribution in [1.82, 2.24) is 9.80 Å². The molecule has 0 saturated carbocycles. The molecule has 7 nitrogen and oxygen atoms in total. The number of aliphatic carboxylic acids is 1. The van der Waals surface area contributed by atoms with Crippen molar-refractivity contribution >= 4 is 12.0 Å². The molecule has 18 heavy (non-hydrogen) atoms. The average molecular weight is 260 g/mol. The van der Waals surface area contributed by atoms with Crippen LogP contribution in [0.3, 0.4) is 0 Å². The number of carboxylic acids is 1. The van der Waals surface area contributed by atoms with E-state index < -0.39 is 12.0 Å². The summed E-state index contributed by atoms with van der Waals surface area (Å²) in [4.78, 5) is 26.1. The topological polar surface area (TPSA) is 90.3 Å². The third-order valence-electron chi connectivity index (χ3n) is 2.87. The molecule has 1 heterocycles. The fourth-order valence-electron chi connectivity index (χ4n) is 1.88. The van der Waals surface area contributed by atoms with Gasteiger partial charge in [-0.2, -0.15) is 0 Å². The Labute approximate surface area is 106 Å². The number of rotatable bonds is 4. The van der Waals surface area contributed by atoms with E-state index in [4.69, 9.17) is 14.9 Å². The van der Waals surface area contributed by atoms with Crippen molar-refractivity contribution in [2.75, 3.05) is 32.9 Å². The number of carboxylic acid groups (broad SMARTS) is 1. The molecule has 0 aromatic rings. The van der Waals surface area contributed by atoms with Gasteiger partial charge in [-0.05, 0) is 13.8 Å². The number of hydrogen-bond donors (Lipinski definition) is 2. The van der Waals surface area contributed by atoms with E-state index >= 15 is 0 Å². The highest BCUT2D eigenvalue weighted by Crippen LogP contribution is 2.12. The molecule has 0 spiro atoms. The second-order valence-corrected chi connectivity index (χ2v) is 4.42. The molecule has 1 rings (SSSR count). The molecule has 1 aliphatic rings. The lowest BCUT2D eigenvalue weighted by atomic mass is 10.2. The fourth-order valence-corrected chi connectivity index (χ4v) is 1.88. The van der Waals surface area contributed by atoms with Gasteiger partial charge >= 0.3 is 12.0 Å². The zero-order chi connectivity index (χ0) is 13.7. The number of carbonyl (C=O) groups excluding carboxylic acids is 1. The van der Waals surface area contributed by atoms with Gasteiger partial charge in [-0.25, -0.2) is 9.59 Å². The zero-order valence-corrected chi connectivity index (χ0v) is 10.7. The number of ether oxygens (including phenoxy) is 1. The van der Waals surface area contributed by atoms with Crippen LogP contribution in [0.25, 0.3) is 0 Å². The Morgan fingerprint density at radius 2 is 2.17 bits per heavy atom. The maximum Gasteiger partial charge on any atom is 0.328 e. The van der Waals surface area contributed by atoms with Crippen LogP contribution < -0.4 is 0 Å². The zero-order valence-electron chi connectivity index (χ0n) is 10.7. The van der Waals surface area contributed by atoms with Crippen LogP contribution in [0.5, 0.6) is 0 Å². The largest absolute Gasteiger partial charge is 0.480 e. The molecule has 1 unspecified atom stereocenters. The lowest BCUT2D eigenvalue weighted by Gasteiger charge is -2.38. The number of aliphatic hydroxyl groups is 1. The molecular weight excluding hydrogens is 240 g/mol. The Morgan fingerprint density at radius 1 is 1.50 bits per heavy atom. The molecule has 1 aliphatic heterocycles. The SMILES string of the molecule is CC(C)N(CCO)C(=O)N1CCOCC1C(=O)O. The summed E-state index contributed by atoms with van der Waals surface area (Å²) in [6.45, 7) is 4.29. The van der Waals surface area contributed by atoms with Crippen LogP contribution in [-0.4, -0.2) is 77.0 Å². The number of aliphatic hydroxyl groups excluding tert-OH is 1. The van der Waals surface area contributed by atoms with Gasteiger partial charge in [-0.3, -0.25) is 0 Å². The van der Waals surface area contributed by atoms with Crippen LogP contribution >= 0.6 is 0 Å². The summed E-state index contributed by atoms with van der Waals surface area (Å²) in [7, 11) is 0. The number of amides is 2. The van der Waals surface area contributed by atoms with E-state index in [1.807, 2.05) is 13.8 Å². The smallest absolute Gasteiger partial charge is 0.328 e. The van der Waals surface area contributed by atoms with Gasteiger partial charge in [0.25, 0.3) is 0 Å². The summed E-state index contributed by atoms with van der Waals surface area (Å²) in [5.74, 6) is -1.07. The van der Waals surface area contributed by atoms with Crippen molar-refractivity contribution in [1.29, 1.82) is 0 Å². The fraction of sp³-hybridized carbons (Fsp3) is 0.818. The Hall–Kier alpha value is -1.34. The number of urea groups is 1. The summed E-state index contributed by atoms with van der Waals surface area (Å²) in [5.41, 5.74) is 0. The maximum absolute atomic E-state index is 12.3. The molecule has 2 N–H and O–H groups in total. The van der Waals surface area contributed by atoms with Gasteiger partial charge in [-0.15, -0.1) is 0 Å². The highest BCUT2D eigenvalue weighted by molar-refractivity contribution is 5.83. The lowest BCUT2D eigenvalue weighted by Crippen LogP contribution is -2.58. The highest BCUT2D eigenvalue weighted by Gasteiger charge is 2.35. The van der Waals surface area contributed by atoms with Gasteiger partial charge in [0.05, 0.1) is 19.8 Å². The summed E-state index contributed by atoms with van der Waals surface area (Å²) >= 11 is 0. The first-order chi connectivity index (χ1) is 8.49. The molecule has 2 amide bonds. The molecule has 0 aromatic carbocycles. The minimum Gasteiger partial charge on any atom is -0.480 e. The van der Waals surface area contributed by atoms with E-state index in [1.165, 1.54) is 9.80 Å². The van der Waals surface area contributed by atoms with Gasteiger partial charge in [0.2, 0.25) is 0 Å². The first-order valence-corrected chi connectivity index (χ1v) is 5.97. The standard InChI is InChI=1S/C11H20N2O5/c1-8(2)12(3-5-14)11(17)13-4-6-18-7-9(13)10(15)16/h8-9,14H,3-7H2,1-2H3,(H,15,16). The quantitative estimate of drug-likeness (QED) is 0.717. The number of morpholine rings is 1. The predicted molar refractivity (Wildman–Crippen MR) is 63.3 cm³/mol. The minimum atomic E-state index is -1.07. The van der Waals surface area contributed by atoms with Crippen LogP contribution in [0.15, 0.2) is 0 Å². The summed E-state index contributed by atoms with van der Waals surface area (Å²) in [6.07, 6.45) is 0. The van der Waals surface area contributed by atoms with Crippen LogP contribution in [0, 0.1) is 0 Å². The van der Waals surface area contributed by atoms with E-state index in [0.717, 1.165) is 0 Å². The van der Waals surface area contributed by atoms with Crippen molar-refractivity contribution in [2.24, 2.45) is 0 Å². The second-order valence-electron chi connectivity index (χ2n) is 4.42. The van der Waals surface area contributed by atoms with Gasteiger partial charge in [0.1, 0.15) is 0 Å². The number of hydrogen-bond acceptors (Lipinski definition) is 4. The summed E-state index contributed by atoms with van der Waals surface area (Å²) in [5, 5.41) is 18.0. The van der Waals surface area contributed by atoms with Crippen LogP contribution in [0.2, 0.25) is 0 Å². The minimum absolute atomic E-state index is 0.00608. The Bertz CT molecular complexity index is 308. The molecule has 0 aromatic heterocycles. The molecule has 7 heteroatoms. The number of nitrogens with zero attached hydrogens (tertiary/aromatic N) is 2. The van der Waals surface area contributed by atoms with Crippen LogP contribution in [0.1, 0.15) is 13.8 Å². The summed E-state index contributed by atoms with van der Waals surface area (Å²) in [6, 6.07) is -1.41. The Balaban J connectivity index is 2.80. The average Bonchev–Trinajstić information content (AvgIpc) is 2.34. The van der Waals surface area contributed by atoms with Gasteiger partial charge in [-0.1, -0.05) is 0 Å². The molecule has 1 atom stereocenters. The van der Waals surface area contributed by atoms with Gasteiger partial charge in [0.15, 0.2) is 6.04 Å². The molecule has 104 valence electrons. The third kappa shape index (κ3) is 3.33. The second kappa shape index (κ2) is 6.55. The molecule has 0 bridgehead atoms. The van der Waals surface area contributed by atoms with E-state index in [2.05, 4.69) is 0 Å². The van der Waals surface area contributed by atoms with Crippen molar-refractivity contribution in [3.8, 4) is 0 Å². The van der Waals surface area contributed by atoms with E-state index in [-0.39, 0.29) is 38.4 Å². The van der Waals surface area contributed by atoms with Crippen LogP contribution in [-0.2, 0) is 9.53 Å². The predicted octanol–water partition coefficient (Wildman–Crippen LogP) is -0.405. The lowest BCUT2D eigenvalue weighted by molar-refractivity contribution is -0.147. The molecule has 1 saturated heterocycles. The monoisotopic (exact) mass is 260 g/mol. The van der Waals surface area contributed by atoms with E-state index in [1.54, 1.807) is 0 Å². The maximum atomic E-state index is 12.3. The molecule has 1 fully saturated rings. The first kappa shape index (κ1) is 14.7. The Kier molecular flexibility index (Phi) is 5.36. The van der Waals surface area contributed by atoms with Gasteiger partial charge in [0, 0.05) is 19.1 Å². The van der Waals surface area contributed by atoms with E-state index in [0.29, 0.717) is 6.61 Å². The van der Waals surface area contributed by atoms with Crippen molar-refractivity contribution in [3.05, 3.63) is 0 Å². The van der Waals surface area contributed by atoms with Crippen molar-refractivity contribution in [2.45, 2.75) is 25.9 Å². The third-order valence-corrected chi connectivity index (χ3v) is 2.87. The van der Waals surface area contributed by atoms with Gasteiger partial charge < -0.3 is 24.7 Å². The van der Waals surface area contributed by atoms with E-state index in [9.17, 15) is 9.59 Å². The Morgan fingerprint density at radius 3 is 2.67 bits per heavy atom. The highest BCUT2D eigenvalue weighted by atomic mass is 16.5. The number of carbonyl (C=O) groups is 2. The first-order valence-electron chi connectivity index (χ1n) is 5.97.